The van der Waals surface area contributed by atoms with Crippen LogP contribution in [0.5, 0.6) is 0 Å². The first-order valence-electron chi connectivity index (χ1n) is 6.13. The topological polar surface area (TPSA) is 12.5 Å². The van der Waals surface area contributed by atoms with Gasteiger partial charge in [0.15, 0.2) is 0 Å². The van der Waals surface area contributed by atoms with Gasteiger partial charge in [-0.15, -0.1) is 0 Å². The maximum Gasteiger partial charge on any atom is 0.109 e. The Hall–Kier alpha value is -1.64. The zero-order valence-electron chi connectivity index (χ0n) is 10.9. The molecule has 0 aliphatic heterocycles. The van der Waals surface area contributed by atoms with Gasteiger partial charge in [-0.2, -0.15) is 0 Å². The molecule has 0 spiro atoms. The van der Waals surface area contributed by atoms with Gasteiger partial charge >= 0.3 is 0 Å². The molecule has 0 aliphatic carbocycles. The van der Waals surface area contributed by atoms with Gasteiger partial charge in [-0.1, -0.05) is 60.7 Å². The Labute approximate surface area is 109 Å². The summed E-state index contributed by atoms with van der Waals surface area (Å²) < 4.78 is 6.00. The van der Waals surface area contributed by atoms with Crippen molar-refractivity contribution in [3.63, 3.8) is 0 Å². The Morgan fingerprint density at radius 3 is 1.67 bits per heavy atom. The fraction of sp³-hybridized carbons (Fsp3) is 0.250. The van der Waals surface area contributed by atoms with Gasteiger partial charge in [0, 0.05) is 0 Å². The fourth-order valence-corrected chi connectivity index (χ4v) is 1.86. The number of hydrogen-bond donors (Lipinski definition) is 0. The number of ether oxygens (including phenoxy) is 1. The van der Waals surface area contributed by atoms with E-state index in [0.29, 0.717) is 6.73 Å². The molecule has 2 heteroatoms. The van der Waals surface area contributed by atoms with Gasteiger partial charge in [-0.25, -0.2) is 0 Å². The largest absolute Gasteiger partial charge is 0.353 e. The Balaban J connectivity index is 2.24. The Kier molecular flexibility index (Phi) is 4.51. The number of hydrogen-bond acceptors (Lipinski definition) is 2. The highest BCUT2D eigenvalue weighted by Gasteiger charge is 2.14. The molecule has 0 saturated carbocycles. The van der Waals surface area contributed by atoms with E-state index in [1.54, 1.807) is 0 Å². The van der Waals surface area contributed by atoms with Crippen LogP contribution >= 0.6 is 0 Å². The third kappa shape index (κ3) is 3.42. The van der Waals surface area contributed by atoms with Gasteiger partial charge in [0.2, 0.25) is 0 Å². The Bertz CT molecular complexity index is 414. The van der Waals surface area contributed by atoms with Crippen LogP contribution in [0.4, 0.5) is 0 Å². The van der Waals surface area contributed by atoms with E-state index in [0.717, 1.165) is 0 Å². The van der Waals surface area contributed by atoms with Crippen molar-refractivity contribution in [3.8, 4) is 0 Å². The van der Waals surface area contributed by atoms with Crippen LogP contribution in [0.3, 0.4) is 0 Å². The number of rotatable bonds is 5. The molecule has 2 aromatic rings. The smallest absolute Gasteiger partial charge is 0.109 e. The highest BCUT2D eigenvalue weighted by atomic mass is 16.5. The molecule has 0 saturated heterocycles. The van der Waals surface area contributed by atoms with E-state index in [4.69, 9.17) is 4.74 Å². The first kappa shape index (κ1) is 12.8. The maximum atomic E-state index is 6.00. The number of benzene rings is 2. The second-order valence-electron chi connectivity index (χ2n) is 4.58. The average molecular weight is 241 g/mol. The van der Waals surface area contributed by atoms with Crippen LogP contribution in [0.25, 0.3) is 0 Å². The summed E-state index contributed by atoms with van der Waals surface area (Å²) in [4.78, 5) is 2.03. The normalized spacial score (nSPS) is 11.1. The second-order valence-corrected chi connectivity index (χ2v) is 4.58. The van der Waals surface area contributed by atoms with E-state index >= 15 is 0 Å². The summed E-state index contributed by atoms with van der Waals surface area (Å²) in [6.45, 7) is 0.606. The first-order chi connectivity index (χ1) is 8.77. The SMILES string of the molecule is CN(C)COC(c1ccccc1)c1ccccc1. The summed E-state index contributed by atoms with van der Waals surface area (Å²) in [5.74, 6) is 0. The molecule has 0 bridgehead atoms. The van der Waals surface area contributed by atoms with Gasteiger partial charge in [-0.05, 0) is 25.2 Å². The minimum atomic E-state index is -0.00481. The van der Waals surface area contributed by atoms with Crippen molar-refractivity contribution >= 4 is 0 Å². The van der Waals surface area contributed by atoms with Crippen molar-refractivity contribution in [1.29, 1.82) is 0 Å². The van der Waals surface area contributed by atoms with Crippen LogP contribution in [0.15, 0.2) is 60.7 Å². The van der Waals surface area contributed by atoms with Crippen LogP contribution in [0.2, 0.25) is 0 Å². The van der Waals surface area contributed by atoms with E-state index in [-0.39, 0.29) is 6.10 Å². The molecule has 0 unspecified atom stereocenters. The van der Waals surface area contributed by atoms with E-state index in [1.807, 2.05) is 55.4 Å². The molecule has 0 atom stereocenters. The summed E-state index contributed by atoms with van der Waals surface area (Å²) in [6, 6.07) is 20.7. The summed E-state index contributed by atoms with van der Waals surface area (Å²) in [6.07, 6.45) is -0.00481. The van der Waals surface area contributed by atoms with Crippen molar-refractivity contribution < 1.29 is 4.74 Å². The van der Waals surface area contributed by atoms with E-state index < -0.39 is 0 Å². The molecule has 0 heterocycles. The second kappa shape index (κ2) is 6.34. The molecule has 2 nitrogen and oxygen atoms in total. The Morgan fingerprint density at radius 2 is 1.28 bits per heavy atom. The van der Waals surface area contributed by atoms with Gasteiger partial charge in [-0.3, -0.25) is 4.90 Å². The highest BCUT2D eigenvalue weighted by Crippen LogP contribution is 2.25. The minimum absolute atomic E-state index is 0.00481. The van der Waals surface area contributed by atoms with Crippen LogP contribution in [0.1, 0.15) is 17.2 Å². The third-order valence-electron chi connectivity index (χ3n) is 2.70. The Morgan fingerprint density at radius 1 is 0.833 bits per heavy atom. The van der Waals surface area contributed by atoms with Gasteiger partial charge in [0.1, 0.15) is 6.10 Å². The van der Waals surface area contributed by atoms with Gasteiger partial charge < -0.3 is 4.74 Å². The molecular formula is C16H19NO. The molecule has 0 amide bonds. The predicted octanol–water partition coefficient (Wildman–Crippen LogP) is 3.31. The van der Waals surface area contributed by atoms with Crippen LogP contribution < -0.4 is 0 Å². The van der Waals surface area contributed by atoms with Crippen LogP contribution in [-0.4, -0.2) is 25.7 Å². The van der Waals surface area contributed by atoms with Crippen molar-refractivity contribution in [2.24, 2.45) is 0 Å². The summed E-state index contributed by atoms with van der Waals surface area (Å²) in [5, 5.41) is 0. The monoisotopic (exact) mass is 241 g/mol. The van der Waals surface area contributed by atoms with Crippen molar-refractivity contribution in [3.05, 3.63) is 71.8 Å². The standard InChI is InChI=1S/C16H19NO/c1-17(2)13-18-16(14-9-5-3-6-10-14)15-11-7-4-8-12-15/h3-12,16H,13H2,1-2H3. The van der Waals surface area contributed by atoms with Gasteiger partial charge in [0.25, 0.3) is 0 Å². The lowest BCUT2D eigenvalue weighted by molar-refractivity contribution is 0.0154. The molecular weight excluding hydrogens is 222 g/mol. The molecule has 2 rings (SSSR count). The van der Waals surface area contributed by atoms with Crippen molar-refractivity contribution in [2.75, 3.05) is 20.8 Å². The van der Waals surface area contributed by atoms with E-state index in [9.17, 15) is 0 Å². The zero-order chi connectivity index (χ0) is 12.8. The minimum Gasteiger partial charge on any atom is -0.353 e. The molecule has 0 fully saturated rings. The lowest BCUT2D eigenvalue weighted by Gasteiger charge is -2.21. The molecule has 18 heavy (non-hydrogen) atoms. The van der Waals surface area contributed by atoms with E-state index in [2.05, 4.69) is 24.3 Å². The highest BCUT2D eigenvalue weighted by molar-refractivity contribution is 5.29. The van der Waals surface area contributed by atoms with Crippen molar-refractivity contribution in [2.45, 2.75) is 6.10 Å². The lowest BCUT2D eigenvalue weighted by atomic mass is 10.0. The number of nitrogens with zero attached hydrogens (tertiary/aromatic N) is 1. The van der Waals surface area contributed by atoms with Gasteiger partial charge in [0.05, 0.1) is 6.73 Å². The average Bonchev–Trinajstić information content (AvgIpc) is 2.41. The molecule has 2 aromatic carbocycles. The maximum absolute atomic E-state index is 6.00. The predicted molar refractivity (Wildman–Crippen MR) is 74.4 cm³/mol. The summed E-state index contributed by atoms with van der Waals surface area (Å²) in [5.41, 5.74) is 2.37. The van der Waals surface area contributed by atoms with Crippen LogP contribution in [0, 0.1) is 0 Å². The summed E-state index contributed by atoms with van der Waals surface area (Å²) >= 11 is 0. The quantitative estimate of drug-likeness (QED) is 0.745. The zero-order valence-corrected chi connectivity index (χ0v) is 10.9. The van der Waals surface area contributed by atoms with E-state index in [1.165, 1.54) is 11.1 Å². The van der Waals surface area contributed by atoms with Crippen molar-refractivity contribution in [1.82, 2.24) is 4.90 Å². The summed E-state index contributed by atoms with van der Waals surface area (Å²) in [7, 11) is 4.01. The molecule has 0 radical (unpaired) electrons. The molecule has 0 aliphatic rings. The third-order valence-corrected chi connectivity index (χ3v) is 2.70. The first-order valence-corrected chi connectivity index (χ1v) is 6.13. The lowest BCUT2D eigenvalue weighted by Crippen LogP contribution is -2.19. The molecule has 0 aromatic heterocycles. The van der Waals surface area contributed by atoms with Crippen LogP contribution in [-0.2, 0) is 4.74 Å². The molecule has 94 valence electrons. The molecule has 0 N–H and O–H groups in total. The fourth-order valence-electron chi connectivity index (χ4n) is 1.86.